The van der Waals surface area contributed by atoms with Crippen molar-refractivity contribution in [3.05, 3.63) is 42.1 Å². The molecule has 1 atom stereocenters. The van der Waals surface area contributed by atoms with Gasteiger partial charge in [-0.1, -0.05) is 31.0 Å². The van der Waals surface area contributed by atoms with E-state index in [9.17, 15) is 0 Å². The van der Waals surface area contributed by atoms with Gasteiger partial charge < -0.3 is 4.90 Å². The number of hydrogen-bond acceptors (Lipinski definition) is 4. The molecule has 3 rings (SSSR count). The van der Waals surface area contributed by atoms with Crippen LogP contribution < -0.4 is 11.3 Å². The summed E-state index contributed by atoms with van der Waals surface area (Å²) in [5.74, 6) is 5.95. The van der Waals surface area contributed by atoms with Crippen LogP contribution in [0.5, 0.6) is 0 Å². The van der Waals surface area contributed by atoms with Crippen molar-refractivity contribution in [3.63, 3.8) is 0 Å². The van der Waals surface area contributed by atoms with Crippen LogP contribution in [0.2, 0.25) is 0 Å². The van der Waals surface area contributed by atoms with Crippen LogP contribution in [0.1, 0.15) is 37.3 Å². The molecule has 0 bridgehead atoms. The maximum atomic E-state index is 5.95. The number of benzene rings is 1. The predicted octanol–water partition coefficient (Wildman–Crippen LogP) is 2.61. The monoisotopic (exact) mass is 284 g/mol. The van der Waals surface area contributed by atoms with Crippen molar-refractivity contribution in [3.8, 4) is 0 Å². The van der Waals surface area contributed by atoms with E-state index in [-0.39, 0.29) is 11.6 Å². The van der Waals surface area contributed by atoms with E-state index in [0.717, 1.165) is 5.52 Å². The lowest BCUT2D eigenvalue weighted by molar-refractivity contribution is 0.104. The minimum atomic E-state index is 0.0822. The second-order valence-corrected chi connectivity index (χ2v) is 6.27. The third-order valence-electron chi connectivity index (χ3n) is 5.01. The number of nitrogens with zero attached hydrogens (tertiary/aromatic N) is 2. The molecule has 1 heterocycles. The number of nitrogens with one attached hydrogen (secondary N) is 1. The van der Waals surface area contributed by atoms with Gasteiger partial charge in [-0.2, -0.15) is 0 Å². The van der Waals surface area contributed by atoms with Gasteiger partial charge in [0.15, 0.2) is 0 Å². The van der Waals surface area contributed by atoms with Crippen molar-refractivity contribution < 1.29 is 0 Å². The molecule has 0 radical (unpaired) electrons. The Morgan fingerprint density at radius 2 is 1.95 bits per heavy atom. The highest BCUT2D eigenvalue weighted by molar-refractivity contribution is 5.78. The summed E-state index contributed by atoms with van der Waals surface area (Å²) in [6, 6.07) is 10.5. The molecule has 112 valence electrons. The first kappa shape index (κ1) is 14.4. The van der Waals surface area contributed by atoms with E-state index in [1.54, 1.807) is 0 Å². The smallest absolute Gasteiger partial charge is 0.0702 e. The molecule has 1 aromatic carbocycles. The second-order valence-electron chi connectivity index (χ2n) is 6.27. The van der Waals surface area contributed by atoms with Crippen LogP contribution in [0, 0.1) is 0 Å². The van der Waals surface area contributed by atoms with Gasteiger partial charge in [-0.3, -0.25) is 16.3 Å². The zero-order chi connectivity index (χ0) is 14.9. The fraction of sp³-hybridized carbons (Fsp3) is 0.471. The quantitative estimate of drug-likeness (QED) is 0.669. The highest BCUT2D eigenvalue weighted by atomic mass is 15.3. The fourth-order valence-electron chi connectivity index (χ4n) is 3.79. The Balaban J connectivity index is 2.04. The Labute approximate surface area is 126 Å². The van der Waals surface area contributed by atoms with Gasteiger partial charge in [0.05, 0.1) is 11.6 Å². The van der Waals surface area contributed by atoms with Crippen LogP contribution in [0.25, 0.3) is 10.9 Å². The summed E-state index contributed by atoms with van der Waals surface area (Å²) in [5, 5.41) is 1.17. The van der Waals surface area contributed by atoms with Crippen molar-refractivity contribution in [1.29, 1.82) is 0 Å². The number of para-hydroxylation sites is 1. The lowest BCUT2D eigenvalue weighted by atomic mass is 9.83. The fourth-order valence-corrected chi connectivity index (χ4v) is 3.79. The van der Waals surface area contributed by atoms with Gasteiger partial charge in [-0.15, -0.1) is 0 Å². The van der Waals surface area contributed by atoms with E-state index >= 15 is 0 Å². The first-order valence-electron chi connectivity index (χ1n) is 7.66. The molecule has 1 fully saturated rings. The predicted molar refractivity (Wildman–Crippen MR) is 86.7 cm³/mol. The van der Waals surface area contributed by atoms with Crippen LogP contribution in [-0.4, -0.2) is 29.5 Å². The number of rotatable bonds is 4. The maximum absolute atomic E-state index is 5.95. The third kappa shape index (κ3) is 2.44. The average Bonchev–Trinajstić information content (AvgIpc) is 2.99. The van der Waals surface area contributed by atoms with Gasteiger partial charge in [0.2, 0.25) is 0 Å². The molecule has 0 spiro atoms. The number of nitrogens with two attached hydrogens (primary N) is 1. The number of aromatic nitrogens is 1. The Morgan fingerprint density at radius 3 is 2.62 bits per heavy atom. The topological polar surface area (TPSA) is 54.2 Å². The first-order chi connectivity index (χ1) is 10.2. The Morgan fingerprint density at radius 1 is 1.24 bits per heavy atom. The summed E-state index contributed by atoms with van der Waals surface area (Å²) in [4.78, 5) is 6.93. The molecule has 1 aromatic heterocycles. The summed E-state index contributed by atoms with van der Waals surface area (Å²) in [7, 11) is 4.31. The molecule has 1 unspecified atom stereocenters. The molecule has 21 heavy (non-hydrogen) atoms. The summed E-state index contributed by atoms with van der Waals surface area (Å²) in [5.41, 5.74) is 5.35. The molecule has 2 aromatic rings. The summed E-state index contributed by atoms with van der Waals surface area (Å²) >= 11 is 0. The second kappa shape index (κ2) is 5.72. The van der Waals surface area contributed by atoms with Gasteiger partial charge in [0.25, 0.3) is 0 Å². The number of hydrogen-bond donors (Lipinski definition) is 2. The van der Waals surface area contributed by atoms with Crippen molar-refractivity contribution in [2.24, 2.45) is 5.84 Å². The minimum Gasteiger partial charge on any atom is -0.302 e. The normalized spacial score (nSPS) is 19.2. The molecular weight excluding hydrogens is 260 g/mol. The molecule has 1 aliphatic rings. The third-order valence-corrected chi connectivity index (χ3v) is 5.01. The van der Waals surface area contributed by atoms with E-state index in [1.165, 1.54) is 36.6 Å². The Bertz CT molecular complexity index is 617. The Kier molecular flexibility index (Phi) is 3.93. The van der Waals surface area contributed by atoms with E-state index in [4.69, 9.17) is 5.84 Å². The summed E-state index contributed by atoms with van der Waals surface area (Å²) < 4.78 is 0. The van der Waals surface area contributed by atoms with Crippen LogP contribution in [0.3, 0.4) is 0 Å². The van der Waals surface area contributed by atoms with Gasteiger partial charge >= 0.3 is 0 Å². The van der Waals surface area contributed by atoms with Crippen LogP contribution >= 0.6 is 0 Å². The van der Waals surface area contributed by atoms with E-state index in [2.05, 4.69) is 47.6 Å². The highest BCUT2D eigenvalue weighted by Gasteiger charge is 2.43. The molecule has 4 nitrogen and oxygen atoms in total. The number of hydrazine groups is 1. The van der Waals surface area contributed by atoms with E-state index < -0.39 is 0 Å². The molecule has 0 saturated heterocycles. The van der Waals surface area contributed by atoms with Gasteiger partial charge in [0.1, 0.15) is 0 Å². The van der Waals surface area contributed by atoms with Crippen molar-refractivity contribution in [2.45, 2.75) is 37.3 Å². The zero-order valence-electron chi connectivity index (χ0n) is 12.8. The van der Waals surface area contributed by atoms with Gasteiger partial charge in [-0.05, 0) is 44.6 Å². The SMILES string of the molecule is CN(C)C1(C(NN)c2cnc3ccccc3c2)CCCC1. The molecule has 0 amide bonds. The minimum absolute atomic E-state index is 0.0822. The largest absolute Gasteiger partial charge is 0.302 e. The summed E-state index contributed by atoms with van der Waals surface area (Å²) in [6.07, 6.45) is 6.83. The first-order valence-corrected chi connectivity index (χ1v) is 7.66. The lowest BCUT2D eigenvalue weighted by Gasteiger charge is -2.43. The highest BCUT2D eigenvalue weighted by Crippen LogP contribution is 2.43. The average molecular weight is 284 g/mol. The number of fused-ring (bicyclic) bond motifs is 1. The molecule has 0 aliphatic heterocycles. The van der Waals surface area contributed by atoms with E-state index in [1.807, 2.05) is 18.3 Å². The standard InChI is InChI=1S/C17H24N4/c1-21(2)17(9-5-6-10-17)16(20-18)14-11-13-7-3-4-8-15(13)19-12-14/h3-4,7-8,11-12,16,20H,5-6,9-10,18H2,1-2H3. The van der Waals surface area contributed by atoms with Crippen LogP contribution in [-0.2, 0) is 0 Å². The maximum Gasteiger partial charge on any atom is 0.0702 e. The zero-order valence-corrected chi connectivity index (χ0v) is 12.8. The van der Waals surface area contributed by atoms with Gasteiger partial charge in [-0.25, -0.2) is 0 Å². The Hall–Kier alpha value is -1.49. The number of pyridine rings is 1. The molecular formula is C17H24N4. The molecule has 1 saturated carbocycles. The molecule has 1 aliphatic carbocycles. The van der Waals surface area contributed by atoms with Crippen molar-refractivity contribution in [1.82, 2.24) is 15.3 Å². The summed E-state index contributed by atoms with van der Waals surface area (Å²) in [6.45, 7) is 0. The molecule has 3 N–H and O–H groups in total. The lowest BCUT2D eigenvalue weighted by Crippen LogP contribution is -2.53. The van der Waals surface area contributed by atoms with E-state index in [0.29, 0.717) is 0 Å². The number of likely N-dealkylation sites (N-methyl/N-ethyl adjacent to an activating group) is 1. The van der Waals surface area contributed by atoms with Crippen LogP contribution in [0.4, 0.5) is 0 Å². The van der Waals surface area contributed by atoms with Crippen molar-refractivity contribution >= 4 is 10.9 Å². The van der Waals surface area contributed by atoms with Gasteiger partial charge in [0, 0.05) is 17.1 Å². The van der Waals surface area contributed by atoms with Crippen LogP contribution in [0.15, 0.2) is 36.5 Å². The van der Waals surface area contributed by atoms with Crippen molar-refractivity contribution in [2.75, 3.05) is 14.1 Å². The molecule has 4 heteroatoms.